The van der Waals surface area contributed by atoms with Crippen LogP contribution in [0.3, 0.4) is 0 Å². The van der Waals surface area contributed by atoms with Crippen LogP contribution < -0.4 is 0 Å². The van der Waals surface area contributed by atoms with E-state index in [1.54, 1.807) is 17.4 Å². The molecule has 4 atom stereocenters. The summed E-state index contributed by atoms with van der Waals surface area (Å²) in [6, 6.07) is 14.4. The van der Waals surface area contributed by atoms with E-state index in [0.29, 0.717) is 17.5 Å². The molecule has 1 heterocycles. The van der Waals surface area contributed by atoms with E-state index in [-0.39, 0.29) is 12.2 Å². The number of hydrogen-bond acceptors (Lipinski definition) is 6. The molecule has 7 heteroatoms. The zero-order chi connectivity index (χ0) is 20.3. The van der Waals surface area contributed by atoms with Gasteiger partial charge in [-0.2, -0.15) is 0 Å². The van der Waals surface area contributed by atoms with Crippen LogP contribution in [-0.4, -0.2) is 56.6 Å². The van der Waals surface area contributed by atoms with Crippen molar-refractivity contribution in [1.82, 2.24) is 0 Å². The van der Waals surface area contributed by atoms with Gasteiger partial charge in [0.05, 0.1) is 12.7 Å². The maximum absolute atomic E-state index is 14.3. The number of aliphatic hydroxyl groups is 5. The lowest BCUT2D eigenvalue weighted by molar-refractivity contribution is -0.114. The summed E-state index contributed by atoms with van der Waals surface area (Å²) in [6.07, 6.45) is -5.88. The molecule has 0 spiro atoms. The lowest BCUT2D eigenvalue weighted by Gasteiger charge is -2.25. The van der Waals surface area contributed by atoms with Gasteiger partial charge in [-0.25, -0.2) is 4.39 Å². The van der Waals surface area contributed by atoms with Crippen molar-refractivity contribution in [3.05, 3.63) is 70.4 Å². The lowest BCUT2D eigenvalue weighted by Crippen LogP contribution is -2.46. The molecule has 0 aliphatic heterocycles. The smallest absolute Gasteiger partial charge is 0.126 e. The van der Waals surface area contributed by atoms with E-state index in [9.17, 15) is 24.8 Å². The fraction of sp³-hybridized carbons (Fsp3) is 0.333. The van der Waals surface area contributed by atoms with Crippen molar-refractivity contribution in [3.8, 4) is 0 Å². The third kappa shape index (κ3) is 4.75. The number of benzene rings is 2. The van der Waals surface area contributed by atoms with Crippen molar-refractivity contribution >= 4 is 21.4 Å². The van der Waals surface area contributed by atoms with Crippen molar-refractivity contribution in [2.24, 2.45) is 0 Å². The largest absolute Gasteiger partial charge is 0.394 e. The van der Waals surface area contributed by atoms with Crippen molar-refractivity contribution in [2.45, 2.75) is 37.3 Å². The Labute approximate surface area is 166 Å². The average molecular weight is 406 g/mol. The third-order valence-corrected chi connectivity index (χ3v) is 5.84. The molecule has 0 saturated carbocycles. The van der Waals surface area contributed by atoms with Gasteiger partial charge in [-0.15, -0.1) is 11.3 Å². The van der Waals surface area contributed by atoms with E-state index in [1.165, 1.54) is 12.1 Å². The van der Waals surface area contributed by atoms with Gasteiger partial charge in [0.15, 0.2) is 0 Å². The Bertz CT molecular complexity index is 895. The van der Waals surface area contributed by atoms with Gasteiger partial charge in [-0.1, -0.05) is 30.3 Å². The highest BCUT2D eigenvalue weighted by Crippen LogP contribution is 2.28. The van der Waals surface area contributed by atoms with Crippen LogP contribution in [0.5, 0.6) is 0 Å². The van der Waals surface area contributed by atoms with Crippen LogP contribution >= 0.6 is 11.3 Å². The van der Waals surface area contributed by atoms with Crippen molar-refractivity contribution in [2.75, 3.05) is 6.61 Å². The first-order valence-corrected chi connectivity index (χ1v) is 9.78. The molecule has 0 radical (unpaired) electrons. The number of rotatable bonds is 8. The van der Waals surface area contributed by atoms with Gasteiger partial charge in [0.1, 0.15) is 24.1 Å². The predicted octanol–water partition coefficient (Wildman–Crippen LogP) is 1.61. The first kappa shape index (κ1) is 20.9. The number of aliphatic hydroxyl groups excluding tert-OH is 5. The highest BCUT2D eigenvalue weighted by atomic mass is 32.1. The van der Waals surface area contributed by atoms with E-state index in [0.717, 1.165) is 15.0 Å². The fourth-order valence-corrected chi connectivity index (χ4v) is 4.22. The Balaban J connectivity index is 1.73. The molecule has 0 saturated heterocycles. The van der Waals surface area contributed by atoms with Gasteiger partial charge in [0.2, 0.25) is 0 Å². The first-order chi connectivity index (χ1) is 13.4. The topological polar surface area (TPSA) is 101 Å². The molecule has 2 aromatic carbocycles. The lowest BCUT2D eigenvalue weighted by atomic mass is 9.96. The van der Waals surface area contributed by atoms with Crippen LogP contribution in [0.4, 0.5) is 4.39 Å². The second-order valence-electron chi connectivity index (χ2n) is 6.86. The minimum atomic E-state index is -1.68. The highest BCUT2D eigenvalue weighted by Gasteiger charge is 2.30. The molecule has 5 N–H and O–H groups in total. The predicted molar refractivity (Wildman–Crippen MR) is 106 cm³/mol. The van der Waals surface area contributed by atoms with E-state index < -0.39 is 31.0 Å². The standard InChI is InChI=1S/C21H23FO5S/c22-16-6-5-12(8-17(24)20(26)21(27)18(25)11-23)7-14(16)10-15-9-13-3-1-2-4-19(13)28-15/h1-7,9,17-18,20-21,23-27H,8,10-11H2/t17-,18+,20+,21+/m0/s1. The van der Waals surface area contributed by atoms with Crippen LogP contribution in [0.1, 0.15) is 16.0 Å². The van der Waals surface area contributed by atoms with Crippen LogP contribution in [0.25, 0.3) is 10.1 Å². The maximum atomic E-state index is 14.3. The Hall–Kier alpha value is -1.87. The van der Waals surface area contributed by atoms with Gasteiger partial charge in [-0.05, 0) is 34.7 Å². The summed E-state index contributed by atoms with van der Waals surface area (Å²) in [5, 5.41) is 49.1. The molecule has 0 aliphatic rings. The van der Waals surface area contributed by atoms with Gasteiger partial charge in [-0.3, -0.25) is 0 Å². The summed E-state index contributed by atoms with van der Waals surface area (Å²) in [5.41, 5.74) is 1.07. The van der Waals surface area contributed by atoms with Gasteiger partial charge in [0, 0.05) is 22.4 Å². The second kappa shape index (κ2) is 9.09. The molecule has 1 aromatic heterocycles. The molecule has 28 heavy (non-hydrogen) atoms. The van der Waals surface area contributed by atoms with Gasteiger partial charge in [0.25, 0.3) is 0 Å². The molecule has 0 aliphatic carbocycles. The zero-order valence-electron chi connectivity index (χ0n) is 15.1. The number of halogens is 1. The number of thiophene rings is 1. The molecular formula is C21H23FO5S. The van der Waals surface area contributed by atoms with E-state index >= 15 is 0 Å². The molecule has 150 valence electrons. The first-order valence-electron chi connectivity index (χ1n) is 8.97. The second-order valence-corrected chi connectivity index (χ2v) is 8.02. The van der Waals surface area contributed by atoms with Crippen molar-refractivity contribution in [1.29, 1.82) is 0 Å². The number of fused-ring (bicyclic) bond motifs is 1. The summed E-state index contributed by atoms with van der Waals surface area (Å²) in [5.74, 6) is -0.355. The monoisotopic (exact) mass is 406 g/mol. The number of hydrogen-bond donors (Lipinski definition) is 5. The SMILES string of the molecule is OC[C@@H](O)[C@@H](O)[C@H](O)[C@@H](O)Cc1ccc(F)c(Cc2cc3ccccc3s2)c1. The van der Waals surface area contributed by atoms with E-state index in [4.69, 9.17) is 5.11 Å². The molecule has 0 bridgehead atoms. The molecule has 3 aromatic rings. The summed E-state index contributed by atoms with van der Waals surface area (Å²) >= 11 is 1.59. The van der Waals surface area contributed by atoms with Gasteiger partial charge < -0.3 is 25.5 Å². The minimum Gasteiger partial charge on any atom is -0.394 e. The fourth-order valence-electron chi connectivity index (χ4n) is 3.13. The van der Waals surface area contributed by atoms with Crippen LogP contribution in [-0.2, 0) is 12.8 Å². The van der Waals surface area contributed by atoms with E-state index in [1.807, 2.05) is 30.3 Å². The zero-order valence-corrected chi connectivity index (χ0v) is 15.9. The van der Waals surface area contributed by atoms with E-state index in [2.05, 4.69) is 0 Å². The molecule has 0 fully saturated rings. The molecule has 0 unspecified atom stereocenters. The minimum absolute atomic E-state index is 0.0317. The normalized spacial score (nSPS) is 16.1. The Kier molecular flexibility index (Phi) is 6.77. The van der Waals surface area contributed by atoms with Crippen molar-refractivity contribution < 1.29 is 29.9 Å². The summed E-state index contributed by atoms with van der Waals surface area (Å²) < 4.78 is 15.4. The Morgan fingerprint density at radius 2 is 1.61 bits per heavy atom. The average Bonchev–Trinajstić information content (AvgIpc) is 3.11. The summed E-state index contributed by atoms with van der Waals surface area (Å²) in [4.78, 5) is 1.01. The quantitative estimate of drug-likeness (QED) is 0.391. The summed E-state index contributed by atoms with van der Waals surface area (Å²) in [6.45, 7) is -0.735. The Morgan fingerprint density at radius 3 is 2.32 bits per heavy atom. The third-order valence-electron chi connectivity index (χ3n) is 4.72. The molecule has 3 rings (SSSR count). The maximum Gasteiger partial charge on any atom is 0.126 e. The van der Waals surface area contributed by atoms with Crippen LogP contribution in [0.15, 0.2) is 48.5 Å². The molecule has 5 nitrogen and oxygen atoms in total. The van der Waals surface area contributed by atoms with Gasteiger partial charge >= 0.3 is 0 Å². The highest BCUT2D eigenvalue weighted by molar-refractivity contribution is 7.19. The van der Waals surface area contributed by atoms with Crippen molar-refractivity contribution in [3.63, 3.8) is 0 Å². The van der Waals surface area contributed by atoms with Crippen LogP contribution in [0.2, 0.25) is 0 Å². The molecule has 0 amide bonds. The Morgan fingerprint density at radius 1 is 0.893 bits per heavy atom. The van der Waals surface area contributed by atoms with Crippen LogP contribution in [0, 0.1) is 5.82 Å². The molecular weight excluding hydrogens is 383 g/mol. The summed E-state index contributed by atoms with van der Waals surface area (Å²) in [7, 11) is 0.